The molecule has 318 valence electrons. The third kappa shape index (κ3) is 9.11. The van der Waals surface area contributed by atoms with E-state index < -0.39 is 89.6 Å². The quantitative estimate of drug-likeness (QED) is 0.178. The van der Waals surface area contributed by atoms with Crippen LogP contribution in [-0.4, -0.2) is 106 Å². The van der Waals surface area contributed by atoms with Gasteiger partial charge in [0.25, 0.3) is 17.6 Å². The van der Waals surface area contributed by atoms with E-state index >= 15 is 0 Å². The van der Waals surface area contributed by atoms with Gasteiger partial charge in [0.2, 0.25) is 0 Å². The van der Waals surface area contributed by atoms with Crippen molar-refractivity contribution >= 4 is 40.0 Å². The number of carbonyl (C=O) groups is 4. The Balaban J connectivity index is 1.94. The highest BCUT2D eigenvalue weighted by Crippen LogP contribution is 2.54. The summed E-state index contributed by atoms with van der Waals surface area (Å²) in [6.07, 6.45) is 3.60. The highest BCUT2D eigenvalue weighted by molar-refractivity contribution is 6.21. The van der Waals surface area contributed by atoms with Crippen molar-refractivity contribution in [1.82, 2.24) is 4.90 Å². The summed E-state index contributed by atoms with van der Waals surface area (Å²) in [7, 11) is 1.44. The van der Waals surface area contributed by atoms with E-state index in [0.717, 1.165) is 0 Å². The Labute approximate surface area is 339 Å². The number of aromatic hydroxyl groups is 2. The van der Waals surface area contributed by atoms with Gasteiger partial charge in [-0.1, -0.05) is 45.9 Å². The minimum Gasteiger partial charge on any atom is -0.507 e. The van der Waals surface area contributed by atoms with Gasteiger partial charge >= 0.3 is 11.8 Å². The molecule has 3 aliphatic heterocycles. The molecule has 5 bridgehead atoms. The Morgan fingerprint density at radius 3 is 2.21 bits per heavy atom. The van der Waals surface area contributed by atoms with Crippen molar-refractivity contribution in [2.45, 2.75) is 99.4 Å². The van der Waals surface area contributed by atoms with E-state index in [4.69, 9.17) is 23.7 Å². The number of esters is 1. The van der Waals surface area contributed by atoms with E-state index in [1.165, 1.54) is 59.3 Å². The maximum atomic E-state index is 14.4. The molecule has 0 aromatic heterocycles. The van der Waals surface area contributed by atoms with Crippen molar-refractivity contribution < 1.29 is 63.3 Å². The number of amides is 2. The zero-order valence-corrected chi connectivity index (χ0v) is 35.1. The largest absolute Gasteiger partial charge is 0.507 e. The number of fused-ring (bicyclic) bond motifs is 14. The van der Waals surface area contributed by atoms with Gasteiger partial charge in [-0.15, -0.1) is 0 Å². The molecule has 15 nitrogen and oxygen atoms in total. The number of aliphatic hydroxyl groups excluding tert-OH is 2. The highest BCUT2D eigenvalue weighted by atomic mass is 16.7. The van der Waals surface area contributed by atoms with Gasteiger partial charge in [-0.3, -0.25) is 19.2 Å². The lowest BCUT2D eigenvalue weighted by Gasteiger charge is -2.38. The second-order valence-corrected chi connectivity index (χ2v) is 15.3. The van der Waals surface area contributed by atoms with Crippen molar-refractivity contribution in [2.75, 3.05) is 32.1 Å². The molecule has 2 aromatic rings. The Bertz CT molecular complexity index is 1990. The topological polar surface area (TPSA) is 211 Å². The number of hydrogen-bond donors (Lipinski definition) is 5. The van der Waals surface area contributed by atoms with Crippen LogP contribution >= 0.6 is 0 Å². The van der Waals surface area contributed by atoms with E-state index in [0.29, 0.717) is 13.1 Å². The number of anilines is 1. The van der Waals surface area contributed by atoms with Gasteiger partial charge in [-0.05, 0) is 33.8 Å². The number of Topliss-reactive ketones (excluding diaryl/α,β-unsaturated/α-hetero) is 1. The predicted octanol–water partition coefficient (Wildman–Crippen LogP) is 5.30. The summed E-state index contributed by atoms with van der Waals surface area (Å²) in [5, 5.41) is 48.4. The first-order chi connectivity index (χ1) is 27.2. The number of ketones is 1. The number of benzene rings is 2. The lowest BCUT2D eigenvalue weighted by Crippen LogP contribution is -2.46. The van der Waals surface area contributed by atoms with Gasteiger partial charge in [0.15, 0.2) is 12.4 Å². The van der Waals surface area contributed by atoms with Gasteiger partial charge in [0.05, 0.1) is 41.2 Å². The number of aliphatic hydroxyl groups is 2. The van der Waals surface area contributed by atoms with Crippen molar-refractivity contribution in [2.24, 2.45) is 23.7 Å². The first-order valence-electron chi connectivity index (χ1n) is 19.5. The van der Waals surface area contributed by atoms with Crippen LogP contribution < -0.4 is 14.8 Å². The van der Waals surface area contributed by atoms with Gasteiger partial charge in [0.1, 0.15) is 23.4 Å². The molecule has 0 saturated heterocycles. The molecule has 0 fully saturated rings. The lowest BCUT2D eigenvalue weighted by atomic mass is 9.78. The van der Waals surface area contributed by atoms with Gasteiger partial charge < -0.3 is 54.3 Å². The van der Waals surface area contributed by atoms with Crippen LogP contribution in [0.3, 0.4) is 0 Å². The summed E-state index contributed by atoms with van der Waals surface area (Å²) < 4.78 is 29.7. The van der Waals surface area contributed by atoms with Crippen molar-refractivity contribution in [3.8, 4) is 23.0 Å². The van der Waals surface area contributed by atoms with Crippen molar-refractivity contribution in [1.29, 1.82) is 0 Å². The number of hydrogen-bond acceptors (Lipinski definition) is 13. The van der Waals surface area contributed by atoms with Crippen LogP contribution in [0.1, 0.15) is 78.2 Å². The summed E-state index contributed by atoms with van der Waals surface area (Å²) in [6, 6.07) is 1.27. The molecule has 5 N–H and O–H groups in total. The number of nitrogens with zero attached hydrogens (tertiary/aromatic N) is 1. The van der Waals surface area contributed by atoms with E-state index in [9.17, 15) is 39.6 Å². The standard InChI is InChI=1S/C43H58N2O13/c1-12-45(13-2)31(47)20-55-30-19-28-38(51)33-32(30)34-40(26(8)37(33)50)58-43(10,41(34)52)56-18-17-29(54-11)23(5)39(57-27(9)46)25(7)36(49)24(6)35(48)21(3)15-14-16-22(4)42(53)44-28/h14-19,21,23-25,29,35-36,39,48-51H,12-13,20H2,1-11H3,(H,44,53). The molecule has 9 atom stereocenters. The Hall–Kier alpha value is -5.12. The second kappa shape index (κ2) is 18.6. The number of carbonyl (C=O) groups excluding carboxylic acids is 4. The molecule has 3 aliphatic rings. The summed E-state index contributed by atoms with van der Waals surface area (Å²) in [5.74, 6) is -8.01. The monoisotopic (exact) mass is 810 g/mol. The molecule has 0 spiro atoms. The fourth-order valence-electron chi connectivity index (χ4n) is 7.56. The summed E-state index contributed by atoms with van der Waals surface area (Å²) >= 11 is 0. The minimum atomic E-state index is -2.02. The SMILES string of the molecule is CCN(CC)C(=O)COc1cc2c(O)c3c(O)c(C)c4c(c13)C(=O)C(C)(OC=CC(OC)C(C)C(OC(C)=O)C(C)C(O)C(C)C(O)C(C)C=CC=C(C)C(=O)N2)O4. The first kappa shape index (κ1) is 45.6. The molecule has 0 saturated carbocycles. The third-order valence-corrected chi connectivity index (χ3v) is 11.3. The van der Waals surface area contributed by atoms with Crippen molar-refractivity contribution in [3.05, 3.63) is 53.3 Å². The molecule has 0 radical (unpaired) electrons. The Kier molecular flexibility index (Phi) is 14.6. The van der Waals surface area contributed by atoms with E-state index in [2.05, 4.69) is 5.32 Å². The zero-order valence-electron chi connectivity index (χ0n) is 35.1. The number of ether oxygens (including phenoxy) is 5. The number of nitrogens with one attached hydrogen (secondary N) is 1. The molecule has 3 heterocycles. The van der Waals surface area contributed by atoms with Crippen LogP contribution in [0.2, 0.25) is 0 Å². The van der Waals surface area contributed by atoms with Crippen LogP contribution in [0.25, 0.3) is 10.8 Å². The highest BCUT2D eigenvalue weighted by Gasteiger charge is 2.49. The number of methoxy groups -OCH3 is 1. The predicted molar refractivity (Wildman–Crippen MR) is 216 cm³/mol. The molecule has 5 rings (SSSR count). The molecule has 15 heteroatoms. The van der Waals surface area contributed by atoms with Crippen molar-refractivity contribution in [3.63, 3.8) is 0 Å². The molecule has 0 aliphatic carbocycles. The summed E-state index contributed by atoms with van der Waals surface area (Å²) in [6.45, 7) is 16.5. The molecular weight excluding hydrogens is 752 g/mol. The van der Waals surface area contributed by atoms with Crippen LogP contribution in [0, 0.1) is 30.6 Å². The first-order valence-corrected chi connectivity index (χ1v) is 19.5. The molecule has 2 aromatic carbocycles. The van der Waals surface area contributed by atoms with Crippen LogP contribution in [0.15, 0.2) is 42.2 Å². The number of allylic oxidation sites excluding steroid dienone is 2. The summed E-state index contributed by atoms with van der Waals surface area (Å²) in [4.78, 5) is 54.9. The number of likely N-dealkylation sites (N-methyl/N-ethyl adjacent to an activating group) is 1. The second-order valence-electron chi connectivity index (χ2n) is 15.3. The summed E-state index contributed by atoms with van der Waals surface area (Å²) in [5.41, 5.74) is -0.00860. The third-order valence-electron chi connectivity index (χ3n) is 11.3. The molecule has 2 amide bonds. The Morgan fingerprint density at radius 2 is 1.60 bits per heavy atom. The van der Waals surface area contributed by atoms with Gasteiger partial charge in [0, 0.05) is 80.3 Å². The normalized spacial score (nSPS) is 28.1. The maximum Gasteiger partial charge on any atom is 0.312 e. The van der Waals surface area contributed by atoms with Gasteiger partial charge in [-0.2, -0.15) is 0 Å². The number of rotatable bonds is 7. The van der Waals surface area contributed by atoms with E-state index in [1.807, 2.05) is 13.8 Å². The average Bonchev–Trinajstić information content (AvgIpc) is 3.45. The fraction of sp³-hybridized carbons (Fsp3) is 0.535. The maximum absolute atomic E-state index is 14.4. The smallest absolute Gasteiger partial charge is 0.312 e. The van der Waals surface area contributed by atoms with Crippen LogP contribution in [0.4, 0.5) is 5.69 Å². The van der Waals surface area contributed by atoms with Crippen LogP contribution in [0.5, 0.6) is 23.0 Å². The average molecular weight is 811 g/mol. The van der Waals surface area contributed by atoms with Gasteiger partial charge in [-0.25, -0.2) is 0 Å². The lowest BCUT2D eigenvalue weighted by molar-refractivity contribution is -0.160. The fourth-order valence-corrected chi connectivity index (χ4v) is 7.56. The number of phenols is 2. The van der Waals surface area contributed by atoms with Crippen LogP contribution in [-0.2, 0) is 28.6 Å². The zero-order chi connectivity index (χ0) is 43.4. The van der Waals surface area contributed by atoms with E-state index in [-0.39, 0.29) is 50.6 Å². The molecule has 9 unspecified atom stereocenters. The number of phenolic OH excluding ortho intramolecular Hbond substituents is 2. The molecule has 58 heavy (non-hydrogen) atoms. The minimum absolute atomic E-state index is 0.0574. The van der Waals surface area contributed by atoms with E-state index in [1.54, 1.807) is 44.7 Å². The molecular formula is C43H58N2O13. The Morgan fingerprint density at radius 1 is 0.948 bits per heavy atom.